The molecule has 5 rings (SSSR count). The van der Waals surface area contributed by atoms with Crippen molar-refractivity contribution in [3.05, 3.63) is 95.1 Å². The number of benzene rings is 3. The Bertz CT molecular complexity index is 1360. The molecule has 2 aliphatic rings. The summed E-state index contributed by atoms with van der Waals surface area (Å²) in [6, 6.07) is 13.2. The second kappa shape index (κ2) is 14.1. The topological polar surface area (TPSA) is 0 Å². The maximum absolute atomic E-state index is 15.4. The molecule has 3 aromatic rings. The largest absolute Gasteiger partial charge is 0.203 e. The number of halogens is 4. The minimum Gasteiger partial charge on any atom is -0.203 e. The van der Waals surface area contributed by atoms with Gasteiger partial charge in [0.25, 0.3) is 0 Å². The highest BCUT2D eigenvalue weighted by molar-refractivity contribution is 5.71. The standard InChI is InChI=1S/C38H44F4/c1-3-5-6-8-25-9-11-26(12-10-25)27-13-15-28(16-14-27)33-23-24-34(38(42)37(33)41)30-19-17-29(18-20-30)32-22-21-31(7-4-2)35(39)36(32)40/h3,5,17-28H,4,6-16H2,1-2H3. The molecule has 0 unspecified atom stereocenters. The SMILES string of the molecule is CC=CCCC1CCC(C2CCC(c3ccc(-c4ccc(-c5ccc(CCC)c(F)c5F)cc4)c(F)c3F)CC2)CC1. The normalized spacial score (nSPS) is 23.0. The molecule has 0 N–H and O–H groups in total. The third-order valence-corrected chi connectivity index (χ3v) is 10.0. The molecule has 3 aromatic carbocycles. The fraction of sp³-hybridized carbons (Fsp3) is 0.474. The van der Waals surface area contributed by atoms with Crippen LogP contribution in [0.15, 0.2) is 60.7 Å². The van der Waals surface area contributed by atoms with Crippen molar-refractivity contribution in [1.29, 1.82) is 0 Å². The summed E-state index contributed by atoms with van der Waals surface area (Å²) in [4.78, 5) is 0. The van der Waals surface area contributed by atoms with Crippen molar-refractivity contribution in [3.63, 3.8) is 0 Å². The third kappa shape index (κ3) is 6.68. The average Bonchev–Trinajstić information content (AvgIpc) is 3.02. The van der Waals surface area contributed by atoms with Crippen molar-refractivity contribution in [2.24, 2.45) is 17.8 Å². The van der Waals surface area contributed by atoms with Crippen molar-refractivity contribution in [2.45, 2.75) is 96.8 Å². The van der Waals surface area contributed by atoms with E-state index in [1.54, 1.807) is 48.5 Å². The summed E-state index contributed by atoms with van der Waals surface area (Å²) in [5, 5.41) is 0. The summed E-state index contributed by atoms with van der Waals surface area (Å²) in [5.74, 6) is -0.863. The Morgan fingerprint density at radius 1 is 0.643 bits per heavy atom. The number of allylic oxidation sites excluding steroid dienone is 2. The predicted octanol–water partition coefficient (Wildman–Crippen LogP) is 12.0. The van der Waals surface area contributed by atoms with Crippen LogP contribution >= 0.6 is 0 Å². The molecule has 224 valence electrons. The molecule has 4 heteroatoms. The van der Waals surface area contributed by atoms with Gasteiger partial charge in [-0.2, -0.15) is 0 Å². The first-order chi connectivity index (χ1) is 20.4. The highest BCUT2D eigenvalue weighted by Gasteiger charge is 2.32. The molecule has 2 fully saturated rings. The van der Waals surface area contributed by atoms with Crippen LogP contribution in [0.1, 0.15) is 102 Å². The monoisotopic (exact) mass is 576 g/mol. The number of hydrogen-bond acceptors (Lipinski definition) is 0. The lowest BCUT2D eigenvalue weighted by Gasteiger charge is -2.38. The van der Waals surface area contributed by atoms with Gasteiger partial charge in [-0.15, -0.1) is 0 Å². The zero-order valence-corrected chi connectivity index (χ0v) is 25.1. The van der Waals surface area contributed by atoms with Gasteiger partial charge in [0.15, 0.2) is 23.3 Å². The molecule has 0 bridgehead atoms. The van der Waals surface area contributed by atoms with Gasteiger partial charge in [-0.1, -0.05) is 86.9 Å². The number of rotatable bonds is 9. The molecule has 42 heavy (non-hydrogen) atoms. The fourth-order valence-corrected chi connectivity index (χ4v) is 7.56. The lowest BCUT2D eigenvalue weighted by molar-refractivity contribution is 0.156. The highest BCUT2D eigenvalue weighted by Crippen LogP contribution is 2.45. The number of aryl methyl sites for hydroxylation is 1. The molecule has 2 aliphatic carbocycles. The van der Waals surface area contributed by atoms with Gasteiger partial charge < -0.3 is 0 Å². The molecule has 0 nitrogen and oxygen atoms in total. The minimum atomic E-state index is -0.877. The average molecular weight is 577 g/mol. The summed E-state index contributed by atoms with van der Waals surface area (Å²) in [5.41, 5.74) is 2.20. The van der Waals surface area contributed by atoms with Crippen LogP contribution in [-0.2, 0) is 6.42 Å². The summed E-state index contributed by atoms with van der Waals surface area (Å²) in [7, 11) is 0. The number of hydrogen-bond donors (Lipinski definition) is 0. The molecule has 2 saturated carbocycles. The second-order valence-electron chi connectivity index (χ2n) is 12.6. The Kier molecular flexibility index (Phi) is 10.2. The van der Waals surface area contributed by atoms with Crippen molar-refractivity contribution in [1.82, 2.24) is 0 Å². The molecule has 0 spiro atoms. The van der Waals surface area contributed by atoms with E-state index < -0.39 is 23.3 Å². The predicted molar refractivity (Wildman–Crippen MR) is 165 cm³/mol. The van der Waals surface area contributed by atoms with E-state index in [-0.39, 0.29) is 17.0 Å². The summed E-state index contributed by atoms with van der Waals surface area (Å²) in [6.45, 7) is 4.01. The Balaban J connectivity index is 1.21. The summed E-state index contributed by atoms with van der Waals surface area (Å²) < 4.78 is 60.0. The van der Waals surface area contributed by atoms with Gasteiger partial charge in [-0.05, 0) is 111 Å². The Morgan fingerprint density at radius 2 is 1.19 bits per heavy atom. The molecule has 0 atom stereocenters. The first-order valence-corrected chi connectivity index (χ1v) is 16.1. The summed E-state index contributed by atoms with van der Waals surface area (Å²) in [6.07, 6.45) is 17.4. The van der Waals surface area contributed by atoms with E-state index in [9.17, 15) is 8.78 Å². The van der Waals surface area contributed by atoms with Gasteiger partial charge in [0.2, 0.25) is 0 Å². The Morgan fingerprint density at radius 3 is 1.76 bits per heavy atom. The van der Waals surface area contributed by atoms with Gasteiger partial charge in [-0.25, -0.2) is 17.6 Å². The molecular weight excluding hydrogens is 532 g/mol. The molecule has 0 radical (unpaired) electrons. The maximum atomic E-state index is 15.4. The second-order valence-corrected chi connectivity index (χ2v) is 12.6. The van der Waals surface area contributed by atoms with Crippen LogP contribution in [0.4, 0.5) is 17.6 Å². The van der Waals surface area contributed by atoms with Crippen LogP contribution < -0.4 is 0 Å². The molecule has 0 amide bonds. The van der Waals surface area contributed by atoms with Crippen LogP contribution in [-0.4, -0.2) is 0 Å². The van der Waals surface area contributed by atoms with Crippen LogP contribution in [0, 0.1) is 41.0 Å². The Hall–Kier alpha value is -2.88. The van der Waals surface area contributed by atoms with Gasteiger partial charge in [-0.3, -0.25) is 0 Å². The quantitative estimate of drug-likeness (QED) is 0.176. The van der Waals surface area contributed by atoms with Crippen molar-refractivity contribution in [3.8, 4) is 22.3 Å². The van der Waals surface area contributed by atoms with Crippen molar-refractivity contribution >= 4 is 0 Å². The lowest BCUT2D eigenvalue weighted by atomic mass is 9.68. The smallest absolute Gasteiger partial charge is 0.166 e. The minimum absolute atomic E-state index is 0.0536. The van der Waals surface area contributed by atoms with Crippen LogP contribution in [0.2, 0.25) is 0 Å². The zero-order valence-electron chi connectivity index (χ0n) is 25.1. The summed E-state index contributed by atoms with van der Waals surface area (Å²) >= 11 is 0. The third-order valence-electron chi connectivity index (χ3n) is 10.0. The first kappa shape index (κ1) is 30.6. The van der Waals surface area contributed by atoms with Crippen LogP contribution in [0.5, 0.6) is 0 Å². The van der Waals surface area contributed by atoms with E-state index in [1.165, 1.54) is 38.5 Å². The fourth-order valence-electron chi connectivity index (χ4n) is 7.56. The molecule has 0 saturated heterocycles. The van der Waals surface area contributed by atoms with Gasteiger partial charge >= 0.3 is 0 Å². The van der Waals surface area contributed by atoms with Gasteiger partial charge in [0.1, 0.15) is 0 Å². The zero-order chi connectivity index (χ0) is 29.6. The van der Waals surface area contributed by atoms with Crippen molar-refractivity contribution < 1.29 is 17.6 Å². The van der Waals surface area contributed by atoms with Crippen molar-refractivity contribution in [2.75, 3.05) is 0 Å². The molecule has 0 aromatic heterocycles. The molecule has 0 aliphatic heterocycles. The Labute approximate surface area is 249 Å². The van der Waals surface area contributed by atoms with Crippen LogP contribution in [0.25, 0.3) is 22.3 Å². The highest BCUT2D eigenvalue weighted by atomic mass is 19.2. The van der Waals surface area contributed by atoms with Gasteiger partial charge in [0, 0.05) is 11.1 Å². The van der Waals surface area contributed by atoms with Gasteiger partial charge in [0.05, 0.1) is 0 Å². The first-order valence-electron chi connectivity index (χ1n) is 16.1. The molecule has 0 heterocycles. The van der Waals surface area contributed by atoms with E-state index in [2.05, 4.69) is 19.1 Å². The molecular formula is C38H44F4. The van der Waals surface area contributed by atoms with E-state index in [0.29, 0.717) is 34.6 Å². The van der Waals surface area contributed by atoms with Crippen LogP contribution in [0.3, 0.4) is 0 Å². The van der Waals surface area contributed by atoms with E-state index in [0.717, 1.165) is 43.9 Å². The van der Waals surface area contributed by atoms with E-state index >= 15 is 8.78 Å². The maximum Gasteiger partial charge on any atom is 0.166 e. The van der Waals surface area contributed by atoms with E-state index in [4.69, 9.17) is 0 Å². The van der Waals surface area contributed by atoms with E-state index in [1.807, 2.05) is 6.92 Å². The lowest BCUT2D eigenvalue weighted by Crippen LogP contribution is -2.25.